The van der Waals surface area contributed by atoms with E-state index < -0.39 is 0 Å². The number of anilines is 1. The largest absolute Gasteiger partial charge is 0.371 e. The molecule has 30 heavy (non-hydrogen) atoms. The molecular weight excluding hydrogens is 394 g/mol. The van der Waals surface area contributed by atoms with Crippen LogP contribution in [0.1, 0.15) is 46.7 Å². The van der Waals surface area contributed by atoms with Crippen LogP contribution in [0.25, 0.3) is 0 Å². The predicted molar refractivity (Wildman–Crippen MR) is 121 cm³/mol. The first-order chi connectivity index (χ1) is 14.7. The summed E-state index contributed by atoms with van der Waals surface area (Å²) in [5, 5.41) is 9.83. The maximum Gasteiger partial charge on any atom is 0.251 e. The van der Waals surface area contributed by atoms with Gasteiger partial charge in [0.05, 0.1) is 6.04 Å². The van der Waals surface area contributed by atoms with Gasteiger partial charge in [-0.2, -0.15) is 0 Å². The zero-order chi connectivity index (χ0) is 20.8. The minimum absolute atomic E-state index is 0.0653. The minimum Gasteiger partial charge on any atom is -0.371 e. The summed E-state index contributed by atoms with van der Waals surface area (Å²) < 4.78 is 0. The van der Waals surface area contributed by atoms with Gasteiger partial charge in [-0.3, -0.25) is 9.78 Å². The number of benzene rings is 1. The van der Waals surface area contributed by atoms with Gasteiger partial charge in [0.1, 0.15) is 5.01 Å². The van der Waals surface area contributed by atoms with E-state index in [1.54, 1.807) is 23.7 Å². The molecule has 156 valence electrons. The lowest BCUT2D eigenvalue weighted by molar-refractivity contribution is 0.0951. The molecule has 0 saturated carbocycles. The zero-order valence-electron chi connectivity index (χ0n) is 17.1. The second-order valence-electron chi connectivity index (χ2n) is 7.61. The number of aromatic nitrogens is 2. The van der Waals surface area contributed by atoms with Crippen LogP contribution in [-0.2, 0) is 6.54 Å². The molecule has 7 heteroatoms. The number of carbonyl (C=O) groups is 1. The van der Waals surface area contributed by atoms with Crippen molar-refractivity contribution in [3.05, 3.63) is 76.5 Å². The molecule has 1 aromatic carbocycles. The third kappa shape index (κ3) is 5.23. The maximum absolute atomic E-state index is 12.4. The second-order valence-corrected chi connectivity index (χ2v) is 8.54. The number of carbonyl (C=O) groups excluding carboxylic acids is 1. The Morgan fingerprint density at radius 1 is 1.20 bits per heavy atom. The number of hydrogen-bond acceptors (Lipinski definition) is 6. The van der Waals surface area contributed by atoms with Gasteiger partial charge in [-0.05, 0) is 55.7 Å². The van der Waals surface area contributed by atoms with Gasteiger partial charge in [0.15, 0.2) is 0 Å². The van der Waals surface area contributed by atoms with Gasteiger partial charge in [-0.1, -0.05) is 6.07 Å². The van der Waals surface area contributed by atoms with Crippen LogP contribution in [0.4, 0.5) is 5.69 Å². The molecule has 1 amide bonds. The molecule has 3 aromatic rings. The van der Waals surface area contributed by atoms with Crippen molar-refractivity contribution in [1.29, 1.82) is 0 Å². The highest BCUT2D eigenvalue weighted by atomic mass is 32.1. The Balaban J connectivity index is 1.26. The van der Waals surface area contributed by atoms with Gasteiger partial charge in [0, 0.05) is 60.9 Å². The van der Waals surface area contributed by atoms with E-state index in [-0.39, 0.29) is 5.91 Å². The fourth-order valence-electron chi connectivity index (χ4n) is 3.79. The Morgan fingerprint density at radius 3 is 2.67 bits per heavy atom. The summed E-state index contributed by atoms with van der Waals surface area (Å²) in [6.07, 6.45) is 7.56. The number of rotatable bonds is 7. The smallest absolute Gasteiger partial charge is 0.251 e. The lowest BCUT2D eigenvalue weighted by Gasteiger charge is -2.35. The van der Waals surface area contributed by atoms with Crippen molar-refractivity contribution >= 4 is 22.9 Å². The van der Waals surface area contributed by atoms with Crippen LogP contribution in [0.5, 0.6) is 0 Å². The van der Waals surface area contributed by atoms with Gasteiger partial charge in [-0.25, -0.2) is 4.98 Å². The molecule has 1 aliphatic heterocycles. The summed E-state index contributed by atoms with van der Waals surface area (Å²) in [6.45, 7) is 4.68. The summed E-state index contributed by atoms with van der Waals surface area (Å²) >= 11 is 1.70. The highest BCUT2D eigenvalue weighted by Gasteiger charge is 2.22. The van der Waals surface area contributed by atoms with E-state index in [2.05, 4.69) is 32.4 Å². The van der Waals surface area contributed by atoms with Crippen molar-refractivity contribution in [1.82, 2.24) is 20.6 Å². The van der Waals surface area contributed by atoms with Crippen molar-refractivity contribution in [2.24, 2.45) is 0 Å². The molecule has 1 unspecified atom stereocenters. The Morgan fingerprint density at radius 2 is 2.00 bits per heavy atom. The van der Waals surface area contributed by atoms with Gasteiger partial charge in [0.2, 0.25) is 0 Å². The number of nitrogens with one attached hydrogen (secondary N) is 2. The number of piperidine rings is 1. The summed E-state index contributed by atoms with van der Waals surface area (Å²) in [4.78, 5) is 23.3. The van der Waals surface area contributed by atoms with Crippen LogP contribution in [-0.4, -0.2) is 35.0 Å². The standard InChI is InChI=1S/C23H27N5OS/c1-17(23-25-11-14-30-23)27-20-8-12-28(13-9-20)21-6-4-19(5-7-21)22(29)26-16-18-3-2-10-24-15-18/h2-7,10-11,14-15,17,20,27H,8-9,12-13,16H2,1H3,(H,26,29). The van der Waals surface area contributed by atoms with Gasteiger partial charge < -0.3 is 15.5 Å². The average Bonchev–Trinajstić information content (AvgIpc) is 3.34. The fraction of sp³-hybridized carbons (Fsp3) is 0.348. The first-order valence-corrected chi connectivity index (χ1v) is 11.2. The average molecular weight is 422 g/mol. The van der Waals surface area contributed by atoms with Crippen molar-refractivity contribution in [2.45, 2.75) is 38.4 Å². The Labute approximate surface area is 181 Å². The Hall–Kier alpha value is -2.77. The minimum atomic E-state index is -0.0653. The van der Waals surface area contributed by atoms with E-state index in [4.69, 9.17) is 0 Å². The van der Waals surface area contributed by atoms with E-state index in [1.165, 1.54) is 5.69 Å². The third-order valence-corrected chi connectivity index (χ3v) is 6.43. The van der Waals surface area contributed by atoms with Crippen LogP contribution in [0, 0.1) is 0 Å². The predicted octanol–water partition coefficient (Wildman–Crippen LogP) is 3.79. The van der Waals surface area contributed by atoms with Crippen LogP contribution in [0.15, 0.2) is 60.4 Å². The van der Waals surface area contributed by atoms with E-state index in [0.717, 1.165) is 36.5 Å². The van der Waals surface area contributed by atoms with Crippen LogP contribution in [0.3, 0.4) is 0 Å². The maximum atomic E-state index is 12.4. The Bertz CT molecular complexity index is 922. The van der Waals surface area contributed by atoms with Crippen molar-refractivity contribution in [3.63, 3.8) is 0 Å². The Kier molecular flexibility index (Phi) is 6.71. The van der Waals surface area contributed by atoms with Crippen LogP contribution < -0.4 is 15.5 Å². The molecule has 1 fully saturated rings. The lowest BCUT2D eigenvalue weighted by Crippen LogP contribution is -2.43. The second kappa shape index (κ2) is 9.82. The molecule has 4 rings (SSSR count). The zero-order valence-corrected chi connectivity index (χ0v) is 17.9. The molecular formula is C23H27N5OS. The van der Waals surface area contributed by atoms with Gasteiger partial charge >= 0.3 is 0 Å². The van der Waals surface area contributed by atoms with E-state index in [0.29, 0.717) is 24.2 Å². The summed E-state index contributed by atoms with van der Waals surface area (Å²) in [5.74, 6) is -0.0653. The van der Waals surface area contributed by atoms with Crippen molar-refractivity contribution < 1.29 is 4.79 Å². The first kappa shape index (κ1) is 20.5. The van der Waals surface area contributed by atoms with E-state index in [9.17, 15) is 4.79 Å². The van der Waals surface area contributed by atoms with E-state index >= 15 is 0 Å². The number of amides is 1. The fourth-order valence-corrected chi connectivity index (χ4v) is 4.44. The lowest BCUT2D eigenvalue weighted by atomic mass is 10.0. The normalized spacial score (nSPS) is 15.7. The van der Waals surface area contributed by atoms with Gasteiger partial charge in [0.25, 0.3) is 5.91 Å². The van der Waals surface area contributed by atoms with Crippen LogP contribution >= 0.6 is 11.3 Å². The molecule has 0 aliphatic carbocycles. The number of nitrogens with zero attached hydrogens (tertiary/aromatic N) is 3. The third-order valence-electron chi connectivity index (χ3n) is 5.47. The molecule has 6 nitrogen and oxygen atoms in total. The monoisotopic (exact) mass is 421 g/mol. The molecule has 0 bridgehead atoms. The van der Waals surface area contributed by atoms with E-state index in [1.807, 2.05) is 48.0 Å². The number of thiazole rings is 1. The molecule has 2 aromatic heterocycles. The SMILES string of the molecule is CC(NC1CCN(c2ccc(C(=O)NCc3cccnc3)cc2)CC1)c1nccs1. The number of hydrogen-bond donors (Lipinski definition) is 2. The molecule has 1 atom stereocenters. The molecule has 1 aliphatic rings. The van der Waals surface area contributed by atoms with Crippen molar-refractivity contribution in [3.8, 4) is 0 Å². The quantitative estimate of drug-likeness (QED) is 0.607. The highest BCUT2D eigenvalue weighted by Crippen LogP contribution is 2.23. The molecule has 0 radical (unpaired) electrons. The first-order valence-electron chi connectivity index (χ1n) is 10.4. The molecule has 0 spiro atoms. The highest BCUT2D eigenvalue weighted by molar-refractivity contribution is 7.09. The molecule has 1 saturated heterocycles. The van der Waals surface area contributed by atoms with Gasteiger partial charge in [-0.15, -0.1) is 11.3 Å². The van der Waals surface area contributed by atoms with Crippen molar-refractivity contribution in [2.75, 3.05) is 18.0 Å². The summed E-state index contributed by atoms with van der Waals surface area (Å²) in [7, 11) is 0. The topological polar surface area (TPSA) is 70.2 Å². The summed E-state index contributed by atoms with van der Waals surface area (Å²) in [6, 6.07) is 12.5. The molecule has 3 heterocycles. The number of pyridine rings is 1. The summed E-state index contributed by atoms with van der Waals surface area (Å²) in [5.41, 5.74) is 2.84. The molecule has 2 N–H and O–H groups in total. The van der Waals surface area contributed by atoms with Crippen LogP contribution in [0.2, 0.25) is 0 Å².